The summed E-state index contributed by atoms with van der Waals surface area (Å²) in [6.07, 6.45) is 5.40. The molecule has 0 saturated carbocycles. The Bertz CT molecular complexity index is 667. The molecular formula is C18H22FN3O2. The minimum atomic E-state index is -0.343. The zero-order valence-corrected chi connectivity index (χ0v) is 13.8. The Balaban J connectivity index is 1.48. The van der Waals surface area contributed by atoms with E-state index in [1.807, 2.05) is 24.1 Å². The van der Waals surface area contributed by atoms with Gasteiger partial charge in [-0.25, -0.2) is 4.39 Å². The van der Waals surface area contributed by atoms with Crippen LogP contribution in [0.2, 0.25) is 0 Å². The first kappa shape index (κ1) is 16.5. The van der Waals surface area contributed by atoms with Crippen LogP contribution in [0, 0.1) is 5.82 Å². The van der Waals surface area contributed by atoms with Crippen molar-refractivity contribution in [3.63, 3.8) is 0 Å². The molecule has 0 spiro atoms. The predicted molar refractivity (Wildman–Crippen MR) is 88.2 cm³/mol. The predicted octanol–water partition coefficient (Wildman–Crippen LogP) is 3.04. The molecule has 0 aliphatic carbocycles. The van der Waals surface area contributed by atoms with Gasteiger partial charge in [0, 0.05) is 44.7 Å². The van der Waals surface area contributed by atoms with E-state index in [2.05, 4.69) is 5.10 Å². The summed E-state index contributed by atoms with van der Waals surface area (Å²) in [5.74, 6) is 0.0703. The number of likely N-dealkylation sites (tertiary alicyclic amines) is 1. The SMILES string of the molecule is C[C@H](CC(=O)N1CCC(Oc2ccccc2F)CC1)n1cccn1. The maximum Gasteiger partial charge on any atom is 0.224 e. The number of hydrogen-bond donors (Lipinski definition) is 0. The van der Waals surface area contributed by atoms with Gasteiger partial charge in [0.2, 0.25) is 5.91 Å². The Morgan fingerprint density at radius 1 is 1.33 bits per heavy atom. The number of nitrogens with zero attached hydrogens (tertiary/aromatic N) is 3. The Morgan fingerprint density at radius 2 is 2.08 bits per heavy atom. The average Bonchev–Trinajstić information content (AvgIpc) is 3.12. The van der Waals surface area contributed by atoms with Crippen LogP contribution in [0.5, 0.6) is 5.75 Å². The molecule has 2 aromatic rings. The van der Waals surface area contributed by atoms with Gasteiger partial charge in [-0.2, -0.15) is 5.10 Å². The monoisotopic (exact) mass is 331 g/mol. The molecule has 3 rings (SSSR count). The van der Waals surface area contributed by atoms with Gasteiger partial charge in [-0.1, -0.05) is 12.1 Å². The third-order valence-electron chi connectivity index (χ3n) is 4.37. The number of piperidine rings is 1. The molecule has 1 aliphatic heterocycles. The maximum absolute atomic E-state index is 13.6. The van der Waals surface area contributed by atoms with Gasteiger partial charge < -0.3 is 9.64 Å². The quantitative estimate of drug-likeness (QED) is 0.846. The van der Waals surface area contributed by atoms with E-state index in [0.29, 0.717) is 19.5 Å². The van der Waals surface area contributed by atoms with Crippen molar-refractivity contribution >= 4 is 5.91 Å². The van der Waals surface area contributed by atoms with E-state index in [0.717, 1.165) is 12.8 Å². The number of hydrogen-bond acceptors (Lipinski definition) is 3. The number of aromatic nitrogens is 2. The topological polar surface area (TPSA) is 47.4 Å². The minimum Gasteiger partial charge on any atom is -0.487 e. The third kappa shape index (κ3) is 3.93. The molecule has 1 aliphatic rings. The van der Waals surface area contributed by atoms with Crippen molar-refractivity contribution in [1.29, 1.82) is 0 Å². The van der Waals surface area contributed by atoms with E-state index in [9.17, 15) is 9.18 Å². The molecule has 128 valence electrons. The first-order chi connectivity index (χ1) is 11.6. The molecule has 0 unspecified atom stereocenters. The van der Waals surface area contributed by atoms with E-state index in [1.54, 1.807) is 29.1 Å². The highest BCUT2D eigenvalue weighted by Crippen LogP contribution is 2.22. The number of halogens is 1. The molecule has 0 bridgehead atoms. The van der Waals surface area contributed by atoms with Crippen LogP contribution in [0.4, 0.5) is 4.39 Å². The van der Waals surface area contributed by atoms with Gasteiger partial charge in [-0.15, -0.1) is 0 Å². The van der Waals surface area contributed by atoms with Crippen LogP contribution in [0.15, 0.2) is 42.7 Å². The van der Waals surface area contributed by atoms with Crippen LogP contribution in [0.1, 0.15) is 32.2 Å². The molecule has 0 N–H and O–H groups in total. The largest absolute Gasteiger partial charge is 0.487 e. The standard InChI is InChI=1S/C18H22FN3O2/c1-14(22-10-4-9-20-22)13-18(23)21-11-7-15(8-12-21)24-17-6-3-2-5-16(17)19/h2-6,9-10,14-15H,7-8,11-13H2,1H3/t14-/m1/s1. The zero-order valence-electron chi connectivity index (χ0n) is 13.8. The van der Waals surface area contributed by atoms with Crippen molar-refractivity contribution < 1.29 is 13.9 Å². The summed E-state index contributed by atoms with van der Waals surface area (Å²) in [6, 6.07) is 8.33. The van der Waals surface area contributed by atoms with Gasteiger partial charge in [0.05, 0.1) is 6.04 Å². The molecule has 1 atom stereocenters. The second kappa shape index (κ2) is 7.47. The Labute approximate surface area is 141 Å². The van der Waals surface area contributed by atoms with Crippen molar-refractivity contribution in [3.05, 3.63) is 48.5 Å². The normalized spacial score (nSPS) is 16.8. The van der Waals surface area contributed by atoms with Gasteiger partial charge in [-0.3, -0.25) is 9.48 Å². The highest BCUT2D eigenvalue weighted by atomic mass is 19.1. The number of ether oxygens (including phenoxy) is 1. The third-order valence-corrected chi connectivity index (χ3v) is 4.37. The van der Waals surface area contributed by atoms with Gasteiger partial charge in [0.1, 0.15) is 6.10 Å². The molecule has 1 saturated heterocycles. The number of benzene rings is 1. The summed E-state index contributed by atoms with van der Waals surface area (Å²) in [4.78, 5) is 14.3. The number of rotatable bonds is 5. The molecule has 1 aromatic heterocycles. The van der Waals surface area contributed by atoms with Crippen LogP contribution in [0.3, 0.4) is 0 Å². The molecule has 6 heteroatoms. The minimum absolute atomic E-state index is 0.0416. The van der Waals surface area contributed by atoms with Crippen LogP contribution in [-0.2, 0) is 4.79 Å². The number of para-hydroxylation sites is 1. The molecular weight excluding hydrogens is 309 g/mol. The summed E-state index contributed by atoms with van der Waals surface area (Å²) in [7, 11) is 0. The van der Waals surface area contributed by atoms with Crippen LogP contribution < -0.4 is 4.74 Å². The summed E-state index contributed by atoms with van der Waals surface area (Å²) < 4.78 is 21.2. The molecule has 0 radical (unpaired) electrons. The van der Waals surface area contributed by atoms with Crippen molar-refractivity contribution in [2.45, 2.75) is 38.3 Å². The highest BCUT2D eigenvalue weighted by molar-refractivity contribution is 5.76. The zero-order chi connectivity index (χ0) is 16.9. The van der Waals surface area contributed by atoms with E-state index in [1.165, 1.54) is 6.07 Å². The number of carbonyl (C=O) groups is 1. The fourth-order valence-electron chi connectivity index (χ4n) is 2.96. The Morgan fingerprint density at radius 3 is 2.75 bits per heavy atom. The molecule has 5 nitrogen and oxygen atoms in total. The lowest BCUT2D eigenvalue weighted by Crippen LogP contribution is -2.42. The maximum atomic E-state index is 13.6. The van der Waals surface area contributed by atoms with Crippen molar-refractivity contribution in [3.8, 4) is 5.75 Å². The molecule has 2 heterocycles. The second-order valence-electron chi connectivity index (χ2n) is 6.17. The second-order valence-corrected chi connectivity index (χ2v) is 6.17. The smallest absolute Gasteiger partial charge is 0.224 e. The van der Waals surface area contributed by atoms with Gasteiger partial charge in [0.25, 0.3) is 0 Å². The van der Waals surface area contributed by atoms with E-state index >= 15 is 0 Å². The summed E-state index contributed by atoms with van der Waals surface area (Å²) >= 11 is 0. The first-order valence-corrected chi connectivity index (χ1v) is 8.31. The molecule has 24 heavy (non-hydrogen) atoms. The van der Waals surface area contributed by atoms with E-state index in [-0.39, 0.29) is 29.6 Å². The summed E-state index contributed by atoms with van der Waals surface area (Å²) in [6.45, 7) is 3.27. The molecule has 1 fully saturated rings. The van der Waals surface area contributed by atoms with Crippen LogP contribution in [0.25, 0.3) is 0 Å². The number of carbonyl (C=O) groups excluding carboxylic acids is 1. The fraction of sp³-hybridized carbons (Fsp3) is 0.444. The summed E-state index contributed by atoms with van der Waals surface area (Å²) in [5.41, 5.74) is 0. The lowest BCUT2D eigenvalue weighted by Gasteiger charge is -2.32. The fourth-order valence-corrected chi connectivity index (χ4v) is 2.96. The highest BCUT2D eigenvalue weighted by Gasteiger charge is 2.25. The van der Waals surface area contributed by atoms with E-state index in [4.69, 9.17) is 4.74 Å². The lowest BCUT2D eigenvalue weighted by molar-refractivity contribution is -0.133. The first-order valence-electron chi connectivity index (χ1n) is 8.31. The van der Waals surface area contributed by atoms with Crippen LogP contribution >= 0.6 is 0 Å². The average molecular weight is 331 g/mol. The van der Waals surface area contributed by atoms with Crippen molar-refractivity contribution in [2.75, 3.05) is 13.1 Å². The van der Waals surface area contributed by atoms with Crippen molar-refractivity contribution in [2.24, 2.45) is 0 Å². The molecule has 1 amide bonds. The Kier molecular flexibility index (Phi) is 5.13. The van der Waals surface area contributed by atoms with Gasteiger partial charge in [0.15, 0.2) is 11.6 Å². The number of amides is 1. The lowest BCUT2D eigenvalue weighted by atomic mass is 10.1. The van der Waals surface area contributed by atoms with Gasteiger partial charge in [-0.05, 0) is 25.1 Å². The van der Waals surface area contributed by atoms with Gasteiger partial charge >= 0.3 is 0 Å². The van der Waals surface area contributed by atoms with Crippen molar-refractivity contribution in [1.82, 2.24) is 14.7 Å². The van der Waals surface area contributed by atoms with E-state index < -0.39 is 0 Å². The molecule has 1 aromatic carbocycles. The summed E-state index contributed by atoms with van der Waals surface area (Å²) in [5, 5.41) is 4.17. The Hall–Kier alpha value is -2.37. The van der Waals surface area contributed by atoms with Crippen LogP contribution in [-0.4, -0.2) is 39.8 Å².